The molecular formula is C24H40O5. The normalized spacial score (nSPS) is 52.9. The molecule has 11 atom stereocenters. The maximum atomic E-state index is 11.5. The van der Waals surface area contributed by atoms with E-state index in [4.69, 9.17) is 5.11 Å². The maximum Gasteiger partial charge on any atom is 0.303 e. The molecule has 0 saturated heterocycles. The van der Waals surface area contributed by atoms with Gasteiger partial charge in [-0.15, -0.1) is 0 Å². The number of carbonyl (C=O) groups is 1. The summed E-state index contributed by atoms with van der Waals surface area (Å²) in [6, 6.07) is 0. The van der Waals surface area contributed by atoms with Gasteiger partial charge >= 0.3 is 5.97 Å². The molecule has 0 aromatic carbocycles. The third-order valence-corrected chi connectivity index (χ3v) is 10.3. The van der Waals surface area contributed by atoms with Crippen LogP contribution in [-0.2, 0) is 4.79 Å². The first-order valence-electron chi connectivity index (χ1n) is 11.8. The lowest BCUT2D eigenvalue weighted by Crippen LogP contribution is -2.62. The van der Waals surface area contributed by atoms with Crippen LogP contribution in [0.3, 0.4) is 0 Å². The topological polar surface area (TPSA) is 98.0 Å². The van der Waals surface area contributed by atoms with Crippen LogP contribution in [0.25, 0.3) is 0 Å². The highest BCUT2D eigenvalue weighted by molar-refractivity contribution is 5.66. The molecule has 4 aliphatic carbocycles. The molecule has 4 fully saturated rings. The highest BCUT2D eigenvalue weighted by Crippen LogP contribution is 2.68. The van der Waals surface area contributed by atoms with Crippen molar-refractivity contribution >= 4 is 5.97 Å². The van der Waals surface area contributed by atoms with Crippen LogP contribution in [0.5, 0.6) is 0 Å². The molecule has 5 nitrogen and oxygen atoms in total. The number of carboxylic acid groups (broad SMARTS) is 1. The van der Waals surface area contributed by atoms with Crippen molar-refractivity contribution in [2.45, 2.75) is 96.9 Å². The average Bonchev–Trinajstić information content (AvgIpc) is 3.01. The first kappa shape index (κ1) is 21.6. The molecule has 5 heteroatoms. The Morgan fingerprint density at radius 1 is 1.03 bits per heavy atom. The van der Waals surface area contributed by atoms with E-state index < -0.39 is 12.1 Å². The summed E-state index contributed by atoms with van der Waals surface area (Å²) in [5.74, 6) is 0.997. The molecule has 4 aliphatic rings. The molecule has 166 valence electrons. The lowest BCUT2D eigenvalue weighted by molar-refractivity contribution is -0.207. The van der Waals surface area contributed by atoms with Gasteiger partial charge in [-0.1, -0.05) is 20.8 Å². The summed E-state index contributed by atoms with van der Waals surface area (Å²) in [5.41, 5.74) is -0.143. The second kappa shape index (κ2) is 7.49. The van der Waals surface area contributed by atoms with E-state index in [0.29, 0.717) is 30.1 Å². The second-order valence-electron chi connectivity index (χ2n) is 11.4. The van der Waals surface area contributed by atoms with Gasteiger partial charge in [0.1, 0.15) is 0 Å². The number of rotatable bonds is 4. The van der Waals surface area contributed by atoms with Crippen molar-refractivity contribution < 1.29 is 25.2 Å². The molecule has 4 rings (SSSR count). The van der Waals surface area contributed by atoms with E-state index >= 15 is 0 Å². The fourth-order valence-electron chi connectivity index (χ4n) is 8.68. The molecule has 4 N–H and O–H groups in total. The fraction of sp³-hybridized carbons (Fsp3) is 0.958. The van der Waals surface area contributed by atoms with Crippen LogP contribution in [0.15, 0.2) is 0 Å². The Morgan fingerprint density at radius 2 is 1.76 bits per heavy atom. The molecule has 7 unspecified atom stereocenters. The number of carboxylic acids is 1. The maximum absolute atomic E-state index is 11.5. The molecule has 0 spiro atoms. The number of fused-ring (bicyclic) bond motifs is 5. The minimum absolute atomic E-state index is 0.0957. The minimum Gasteiger partial charge on any atom is -0.481 e. The highest BCUT2D eigenvalue weighted by atomic mass is 16.4. The van der Waals surface area contributed by atoms with Gasteiger partial charge in [0.15, 0.2) is 0 Å². The molecule has 4 saturated carbocycles. The van der Waals surface area contributed by atoms with Gasteiger partial charge in [0, 0.05) is 6.42 Å². The first-order valence-corrected chi connectivity index (χ1v) is 11.8. The fourth-order valence-corrected chi connectivity index (χ4v) is 8.68. The average molecular weight is 409 g/mol. The number of aliphatic hydroxyl groups is 3. The van der Waals surface area contributed by atoms with E-state index in [0.717, 1.165) is 44.9 Å². The zero-order chi connectivity index (χ0) is 21.1. The summed E-state index contributed by atoms with van der Waals surface area (Å²) >= 11 is 0. The number of aliphatic carboxylic acids is 1. The Balaban J connectivity index is 1.61. The summed E-state index contributed by atoms with van der Waals surface area (Å²) in [6.45, 7) is 6.72. The van der Waals surface area contributed by atoms with Crippen molar-refractivity contribution in [3.8, 4) is 0 Å². The minimum atomic E-state index is -0.748. The van der Waals surface area contributed by atoms with Crippen LogP contribution in [-0.4, -0.2) is 44.7 Å². The molecule has 0 amide bonds. The molecular weight excluding hydrogens is 368 g/mol. The van der Waals surface area contributed by atoms with Crippen LogP contribution in [0.2, 0.25) is 0 Å². The Kier molecular flexibility index (Phi) is 5.57. The van der Waals surface area contributed by atoms with Crippen molar-refractivity contribution in [1.29, 1.82) is 0 Å². The lowest BCUT2D eigenvalue weighted by atomic mass is 9.43. The van der Waals surface area contributed by atoms with Crippen molar-refractivity contribution in [2.24, 2.45) is 46.3 Å². The molecule has 0 bridgehead atoms. The summed E-state index contributed by atoms with van der Waals surface area (Å²) in [7, 11) is 0. The highest BCUT2D eigenvalue weighted by Gasteiger charge is 2.65. The Labute approximate surface area is 174 Å². The summed E-state index contributed by atoms with van der Waals surface area (Å²) in [4.78, 5) is 11.1. The van der Waals surface area contributed by atoms with Gasteiger partial charge in [-0.2, -0.15) is 0 Å². The van der Waals surface area contributed by atoms with E-state index in [-0.39, 0.29) is 41.3 Å². The third-order valence-electron chi connectivity index (χ3n) is 10.3. The second-order valence-corrected chi connectivity index (χ2v) is 11.4. The predicted octanol–water partition coefficient (Wildman–Crippen LogP) is 3.45. The molecule has 0 aromatic rings. The van der Waals surface area contributed by atoms with Gasteiger partial charge in [0.25, 0.3) is 0 Å². The summed E-state index contributed by atoms with van der Waals surface area (Å²) in [6.07, 6.45) is 6.00. The van der Waals surface area contributed by atoms with E-state index in [1.54, 1.807) is 0 Å². The number of hydrogen-bond acceptors (Lipinski definition) is 4. The van der Waals surface area contributed by atoms with E-state index in [2.05, 4.69) is 20.8 Å². The standard InChI is InChI=1S/C24H40O5/c1-13(4-7-21(28)29)16-5-6-17-22-18(12-20(27)24(16,17)3)23(2)9-8-15(25)10-14(23)11-19(22)26/h13-20,22,25-27H,4-12H2,1-3H3,(H,28,29)/t13?,14?,15-,16?,17?,18?,19?,20+,22?,23+,24-/m1/s1. The van der Waals surface area contributed by atoms with Crippen molar-refractivity contribution in [3.63, 3.8) is 0 Å². The van der Waals surface area contributed by atoms with Gasteiger partial charge in [0.2, 0.25) is 0 Å². The first-order chi connectivity index (χ1) is 13.6. The van der Waals surface area contributed by atoms with E-state index in [1.165, 1.54) is 0 Å². The van der Waals surface area contributed by atoms with Gasteiger partial charge < -0.3 is 20.4 Å². The van der Waals surface area contributed by atoms with Gasteiger partial charge in [-0.05, 0) is 97.7 Å². The molecule has 0 aromatic heterocycles. The quantitative estimate of drug-likeness (QED) is 0.571. The SMILES string of the molecule is CC(CCC(=O)O)C1CCC2C3C(O)CC4C[C@H](O)CC[C@]4(C)C3C[C@H](O)[C@]12C. The number of aliphatic hydroxyl groups excluding tert-OH is 3. The van der Waals surface area contributed by atoms with Crippen LogP contribution >= 0.6 is 0 Å². The summed E-state index contributed by atoms with van der Waals surface area (Å²) < 4.78 is 0. The Hall–Kier alpha value is -0.650. The van der Waals surface area contributed by atoms with Crippen LogP contribution < -0.4 is 0 Å². The van der Waals surface area contributed by atoms with Crippen LogP contribution in [0.1, 0.15) is 78.6 Å². The van der Waals surface area contributed by atoms with Crippen molar-refractivity contribution in [3.05, 3.63) is 0 Å². The van der Waals surface area contributed by atoms with Crippen LogP contribution in [0, 0.1) is 46.3 Å². The van der Waals surface area contributed by atoms with E-state index in [1.807, 2.05) is 0 Å². The smallest absolute Gasteiger partial charge is 0.303 e. The predicted molar refractivity (Wildman–Crippen MR) is 110 cm³/mol. The van der Waals surface area contributed by atoms with Crippen LogP contribution in [0.4, 0.5) is 0 Å². The zero-order valence-corrected chi connectivity index (χ0v) is 18.3. The molecule has 29 heavy (non-hydrogen) atoms. The third kappa shape index (κ3) is 3.27. The summed E-state index contributed by atoms with van der Waals surface area (Å²) in [5, 5.41) is 42.0. The molecule has 0 radical (unpaired) electrons. The zero-order valence-electron chi connectivity index (χ0n) is 18.3. The van der Waals surface area contributed by atoms with E-state index in [9.17, 15) is 20.1 Å². The lowest BCUT2D eigenvalue weighted by Gasteiger charge is -2.63. The van der Waals surface area contributed by atoms with Gasteiger partial charge in [0.05, 0.1) is 18.3 Å². The van der Waals surface area contributed by atoms with Gasteiger partial charge in [-0.3, -0.25) is 4.79 Å². The molecule has 0 aliphatic heterocycles. The largest absolute Gasteiger partial charge is 0.481 e. The van der Waals surface area contributed by atoms with Crippen molar-refractivity contribution in [1.82, 2.24) is 0 Å². The molecule has 0 heterocycles. The van der Waals surface area contributed by atoms with Crippen molar-refractivity contribution in [2.75, 3.05) is 0 Å². The van der Waals surface area contributed by atoms with Gasteiger partial charge in [-0.25, -0.2) is 0 Å². The Morgan fingerprint density at radius 3 is 2.45 bits per heavy atom. The Bertz CT molecular complexity index is 637. The monoisotopic (exact) mass is 408 g/mol. The number of hydrogen-bond donors (Lipinski definition) is 4.